The molecule has 1 N–H and O–H groups in total. The molecule has 0 aromatic carbocycles. The minimum absolute atomic E-state index is 0.831. The molecule has 1 aromatic rings. The highest BCUT2D eigenvalue weighted by Crippen LogP contribution is 2.42. The third-order valence-electron chi connectivity index (χ3n) is 3.76. The van der Waals surface area contributed by atoms with Crippen molar-refractivity contribution in [1.82, 2.24) is 15.1 Å². The molecule has 1 saturated carbocycles. The van der Waals surface area contributed by atoms with E-state index in [9.17, 15) is 0 Å². The molecule has 3 rings (SSSR count). The van der Waals surface area contributed by atoms with E-state index in [-0.39, 0.29) is 0 Å². The van der Waals surface area contributed by atoms with Crippen molar-refractivity contribution in [3.63, 3.8) is 0 Å². The van der Waals surface area contributed by atoms with Crippen LogP contribution < -0.4 is 5.32 Å². The predicted octanol–water partition coefficient (Wildman–Crippen LogP) is 1.45. The summed E-state index contributed by atoms with van der Waals surface area (Å²) in [5.74, 6) is 1.67. The van der Waals surface area contributed by atoms with E-state index in [1.54, 1.807) is 0 Å². The molecule has 0 bridgehead atoms. The maximum absolute atomic E-state index is 4.42. The van der Waals surface area contributed by atoms with Gasteiger partial charge in [0, 0.05) is 12.7 Å². The first-order valence-corrected chi connectivity index (χ1v) is 6.06. The number of aromatic nitrogens is 2. The third kappa shape index (κ3) is 1.81. The Balaban J connectivity index is 1.79. The molecule has 3 nitrogen and oxygen atoms in total. The summed E-state index contributed by atoms with van der Waals surface area (Å²) in [6.07, 6.45) is 7.39. The van der Waals surface area contributed by atoms with Gasteiger partial charge in [-0.3, -0.25) is 4.68 Å². The van der Waals surface area contributed by atoms with Gasteiger partial charge < -0.3 is 5.32 Å². The molecule has 2 aliphatic rings. The molecular formula is C12H19N3. The highest BCUT2D eigenvalue weighted by Gasteiger charge is 2.29. The highest BCUT2D eigenvalue weighted by atomic mass is 15.3. The molecule has 1 unspecified atom stereocenters. The second-order valence-electron chi connectivity index (χ2n) is 5.01. The van der Waals surface area contributed by atoms with Gasteiger partial charge in [0.2, 0.25) is 0 Å². The SMILES string of the molecule is Cn1ncc(C2CC2)c1CC1CCNC1. The Morgan fingerprint density at radius 2 is 2.33 bits per heavy atom. The van der Waals surface area contributed by atoms with Gasteiger partial charge in [-0.25, -0.2) is 0 Å². The summed E-state index contributed by atoms with van der Waals surface area (Å²) in [5.41, 5.74) is 3.02. The van der Waals surface area contributed by atoms with E-state index in [0.717, 1.165) is 11.8 Å². The fraction of sp³-hybridized carbons (Fsp3) is 0.750. The van der Waals surface area contributed by atoms with Crippen molar-refractivity contribution in [2.24, 2.45) is 13.0 Å². The molecule has 1 aliphatic carbocycles. The zero-order chi connectivity index (χ0) is 10.3. The van der Waals surface area contributed by atoms with Crippen molar-refractivity contribution in [1.29, 1.82) is 0 Å². The van der Waals surface area contributed by atoms with Crippen molar-refractivity contribution in [2.75, 3.05) is 13.1 Å². The summed E-state index contributed by atoms with van der Waals surface area (Å²) in [7, 11) is 2.09. The smallest absolute Gasteiger partial charge is 0.0527 e. The molecule has 3 heteroatoms. The number of hydrogen-bond acceptors (Lipinski definition) is 2. The summed E-state index contributed by atoms with van der Waals surface area (Å²) in [5, 5.41) is 7.86. The normalized spacial score (nSPS) is 26.1. The Bertz CT molecular complexity index is 346. The summed E-state index contributed by atoms with van der Waals surface area (Å²) < 4.78 is 2.09. The van der Waals surface area contributed by atoms with Gasteiger partial charge in [-0.05, 0) is 56.2 Å². The van der Waals surface area contributed by atoms with Crippen LogP contribution >= 0.6 is 0 Å². The molecule has 1 aliphatic heterocycles. The lowest BCUT2D eigenvalue weighted by Gasteiger charge is -2.10. The fourth-order valence-corrected chi connectivity index (χ4v) is 2.63. The van der Waals surface area contributed by atoms with Crippen molar-refractivity contribution in [3.05, 3.63) is 17.5 Å². The van der Waals surface area contributed by atoms with Crippen molar-refractivity contribution in [3.8, 4) is 0 Å². The average Bonchev–Trinajstić information content (AvgIpc) is 2.82. The van der Waals surface area contributed by atoms with Crippen LogP contribution in [0.1, 0.15) is 36.4 Å². The van der Waals surface area contributed by atoms with Crippen LogP contribution in [0.3, 0.4) is 0 Å². The van der Waals surface area contributed by atoms with Crippen LogP contribution in [-0.4, -0.2) is 22.9 Å². The predicted molar refractivity (Wildman–Crippen MR) is 59.9 cm³/mol. The standard InChI is InChI=1S/C12H19N3/c1-15-12(6-9-4-5-13-7-9)11(8-14-15)10-2-3-10/h8-10,13H,2-7H2,1H3. The van der Waals surface area contributed by atoms with Gasteiger partial charge in [0.25, 0.3) is 0 Å². The van der Waals surface area contributed by atoms with E-state index in [1.807, 2.05) is 0 Å². The topological polar surface area (TPSA) is 29.9 Å². The fourth-order valence-electron chi connectivity index (χ4n) is 2.63. The van der Waals surface area contributed by atoms with Gasteiger partial charge in [-0.2, -0.15) is 5.10 Å². The van der Waals surface area contributed by atoms with Crippen LogP contribution in [0.2, 0.25) is 0 Å². The van der Waals surface area contributed by atoms with Crippen molar-refractivity contribution >= 4 is 0 Å². The lowest BCUT2D eigenvalue weighted by molar-refractivity contribution is 0.545. The van der Waals surface area contributed by atoms with Crippen molar-refractivity contribution < 1.29 is 0 Å². The molecule has 0 amide bonds. The van der Waals surface area contributed by atoms with Crippen LogP contribution in [0, 0.1) is 5.92 Å². The second kappa shape index (κ2) is 3.63. The van der Waals surface area contributed by atoms with Gasteiger partial charge >= 0.3 is 0 Å². The lowest BCUT2D eigenvalue weighted by Crippen LogP contribution is -2.13. The Hall–Kier alpha value is -0.830. The average molecular weight is 205 g/mol. The van der Waals surface area contributed by atoms with Gasteiger partial charge in [0.1, 0.15) is 0 Å². The number of nitrogens with zero attached hydrogens (tertiary/aromatic N) is 2. The maximum Gasteiger partial charge on any atom is 0.0527 e. The first-order valence-electron chi connectivity index (χ1n) is 6.06. The Kier molecular flexibility index (Phi) is 2.28. The zero-order valence-corrected chi connectivity index (χ0v) is 9.37. The Labute approximate surface area is 90.9 Å². The summed E-state index contributed by atoms with van der Waals surface area (Å²) in [6, 6.07) is 0. The molecule has 0 radical (unpaired) electrons. The first-order chi connectivity index (χ1) is 7.34. The second-order valence-corrected chi connectivity index (χ2v) is 5.01. The molecule has 2 fully saturated rings. The van der Waals surface area contributed by atoms with E-state index < -0.39 is 0 Å². The monoisotopic (exact) mass is 205 g/mol. The lowest BCUT2D eigenvalue weighted by atomic mass is 9.99. The molecule has 15 heavy (non-hydrogen) atoms. The molecule has 1 saturated heterocycles. The number of aryl methyl sites for hydroxylation is 1. The van der Waals surface area contributed by atoms with Crippen LogP contribution in [0.15, 0.2) is 6.20 Å². The van der Waals surface area contributed by atoms with Gasteiger partial charge in [0.05, 0.1) is 6.20 Å². The maximum atomic E-state index is 4.42. The quantitative estimate of drug-likeness (QED) is 0.809. The van der Waals surface area contributed by atoms with Crippen LogP contribution in [0.4, 0.5) is 0 Å². The van der Waals surface area contributed by atoms with E-state index in [1.165, 1.54) is 50.0 Å². The summed E-state index contributed by atoms with van der Waals surface area (Å²) >= 11 is 0. The number of nitrogens with one attached hydrogen (secondary N) is 1. The number of hydrogen-bond donors (Lipinski definition) is 1. The molecule has 0 spiro atoms. The molecular weight excluding hydrogens is 186 g/mol. The van der Waals surface area contributed by atoms with E-state index in [0.29, 0.717) is 0 Å². The Morgan fingerprint density at radius 1 is 1.47 bits per heavy atom. The van der Waals surface area contributed by atoms with Gasteiger partial charge in [-0.15, -0.1) is 0 Å². The molecule has 1 atom stereocenters. The number of rotatable bonds is 3. The third-order valence-corrected chi connectivity index (χ3v) is 3.76. The van der Waals surface area contributed by atoms with E-state index >= 15 is 0 Å². The van der Waals surface area contributed by atoms with Crippen LogP contribution in [0.5, 0.6) is 0 Å². The zero-order valence-electron chi connectivity index (χ0n) is 9.37. The van der Waals surface area contributed by atoms with Crippen LogP contribution in [-0.2, 0) is 13.5 Å². The van der Waals surface area contributed by atoms with Crippen LogP contribution in [0.25, 0.3) is 0 Å². The van der Waals surface area contributed by atoms with Gasteiger partial charge in [-0.1, -0.05) is 0 Å². The first kappa shape index (κ1) is 9.40. The summed E-state index contributed by atoms with van der Waals surface area (Å²) in [4.78, 5) is 0. The Morgan fingerprint density at radius 3 is 3.00 bits per heavy atom. The highest BCUT2D eigenvalue weighted by molar-refractivity contribution is 5.27. The minimum Gasteiger partial charge on any atom is -0.316 e. The minimum atomic E-state index is 0.831. The summed E-state index contributed by atoms with van der Waals surface area (Å²) in [6.45, 7) is 2.39. The molecule has 1 aromatic heterocycles. The largest absolute Gasteiger partial charge is 0.316 e. The van der Waals surface area contributed by atoms with E-state index in [4.69, 9.17) is 0 Å². The van der Waals surface area contributed by atoms with Crippen molar-refractivity contribution in [2.45, 2.75) is 31.6 Å². The van der Waals surface area contributed by atoms with E-state index in [2.05, 4.69) is 28.3 Å². The van der Waals surface area contributed by atoms with Gasteiger partial charge in [0.15, 0.2) is 0 Å². The molecule has 2 heterocycles. The molecule has 82 valence electrons.